The van der Waals surface area contributed by atoms with Crippen LogP contribution in [0.3, 0.4) is 0 Å². The fourth-order valence-corrected chi connectivity index (χ4v) is 2.95. The van der Waals surface area contributed by atoms with Crippen LogP contribution in [0.5, 0.6) is 0 Å². The summed E-state index contributed by atoms with van der Waals surface area (Å²) in [5.41, 5.74) is 6.61. The number of nitrogen functional groups attached to an aromatic ring is 1. The molecule has 0 aliphatic heterocycles. The molecule has 18 heavy (non-hydrogen) atoms. The summed E-state index contributed by atoms with van der Waals surface area (Å²) in [6.45, 7) is 4.19. The van der Waals surface area contributed by atoms with E-state index in [-0.39, 0.29) is 0 Å². The third-order valence-corrected chi connectivity index (χ3v) is 3.86. The smallest absolute Gasteiger partial charge is 0.222 e. The van der Waals surface area contributed by atoms with Crippen molar-refractivity contribution in [1.82, 2.24) is 9.97 Å². The minimum absolute atomic E-state index is 0.357. The van der Waals surface area contributed by atoms with Gasteiger partial charge in [-0.1, -0.05) is 26.2 Å². The lowest BCUT2D eigenvalue weighted by atomic mass is 9.83. The number of nitrogens with two attached hydrogens (primary N) is 1. The predicted octanol–water partition coefficient (Wildman–Crippen LogP) is 3.14. The van der Waals surface area contributed by atoms with Crippen molar-refractivity contribution in [3.8, 4) is 0 Å². The van der Waals surface area contributed by atoms with Crippen molar-refractivity contribution in [3.63, 3.8) is 0 Å². The van der Waals surface area contributed by atoms with Gasteiger partial charge in [0.2, 0.25) is 5.95 Å². The Kier molecular flexibility index (Phi) is 4.39. The Morgan fingerprint density at radius 2 is 2.06 bits per heavy atom. The van der Waals surface area contributed by atoms with Crippen molar-refractivity contribution in [2.24, 2.45) is 5.92 Å². The van der Waals surface area contributed by atoms with Crippen LogP contribution in [-0.2, 0) is 0 Å². The minimum atomic E-state index is 0.357. The molecule has 1 saturated carbocycles. The molecule has 1 atom stereocenters. The molecule has 0 spiro atoms. The van der Waals surface area contributed by atoms with Crippen molar-refractivity contribution in [2.45, 2.75) is 58.4 Å². The van der Waals surface area contributed by atoms with E-state index in [4.69, 9.17) is 5.73 Å². The van der Waals surface area contributed by atoms with Gasteiger partial charge in [-0.15, -0.1) is 0 Å². The molecule has 1 aliphatic rings. The summed E-state index contributed by atoms with van der Waals surface area (Å²) in [5.74, 6) is 2.01. The van der Waals surface area contributed by atoms with Gasteiger partial charge in [-0.05, 0) is 32.1 Å². The number of nitrogens with one attached hydrogen (secondary N) is 1. The van der Waals surface area contributed by atoms with Gasteiger partial charge in [0.1, 0.15) is 5.82 Å². The highest BCUT2D eigenvalue weighted by Gasteiger charge is 2.22. The van der Waals surface area contributed by atoms with Crippen molar-refractivity contribution in [1.29, 1.82) is 0 Å². The Balaban J connectivity index is 2.04. The van der Waals surface area contributed by atoms with Gasteiger partial charge < -0.3 is 11.1 Å². The fourth-order valence-electron chi connectivity index (χ4n) is 2.95. The Hall–Kier alpha value is -1.32. The number of hydrogen-bond acceptors (Lipinski definition) is 4. The largest absolute Gasteiger partial charge is 0.368 e. The number of anilines is 2. The molecule has 0 radical (unpaired) electrons. The third kappa shape index (κ3) is 3.34. The first kappa shape index (κ1) is 13.1. The maximum atomic E-state index is 5.69. The number of rotatable bonds is 4. The molecule has 1 unspecified atom stereocenters. The second kappa shape index (κ2) is 6.03. The summed E-state index contributed by atoms with van der Waals surface area (Å²) in [4.78, 5) is 8.38. The molecule has 1 aromatic heterocycles. The molecule has 1 heterocycles. The standard InChI is InChI=1S/C14H24N4/c1-3-12(11-7-5-4-6-8-11)17-13-9-10(2)16-14(15)18-13/h9,11-12H,3-8H2,1-2H3,(H3,15,16,17,18). The maximum Gasteiger partial charge on any atom is 0.222 e. The number of nitrogens with zero attached hydrogens (tertiary/aromatic N) is 2. The highest BCUT2D eigenvalue weighted by Crippen LogP contribution is 2.29. The average Bonchev–Trinajstić information content (AvgIpc) is 2.36. The molecule has 2 rings (SSSR count). The lowest BCUT2D eigenvalue weighted by Gasteiger charge is -2.30. The molecule has 1 aromatic rings. The Morgan fingerprint density at radius 3 is 2.67 bits per heavy atom. The maximum absolute atomic E-state index is 5.69. The molecule has 3 N–H and O–H groups in total. The molecule has 100 valence electrons. The molecule has 0 amide bonds. The molecular weight excluding hydrogens is 224 g/mol. The van der Waals surface area contributed by atoms with E-state index in [1.54, 1.807) is 0 Å². The Morgan fingerprint density at radius 1 is 1.33 bits per heavy atom. The number of hydrogen-bond donors (Lipinski definition) is 2. The summed E-state index contributed by atoms with van der Waals surface area (Å²) in [5, 5.41) is 3.55. The van der Waals surface area contributed by atoms with Gasteiger partial charge in [0.25, 0.3) is 0 Å². The van der Waals surface area contributed by atoms with Gasteiger partial charge in [-0.3, -0.25) is 0 Å². The van der Waals surface area contributed by atoms with Crippen LogP contribution in [0.2, 0.25) is 0 Å². The SMILES string of the molecule is CCC(Nc1cc(C)nc(N)n1)C1CCCCC1. The molecule has 0 aromatic carbocycles. The van der Waals surface area contributed by atoms with Gasteiger partial charge in [0.15, 0.2) is 0 Å². The van der Waals surface area contributed by atoms with E-state index in [9.17, 15) is 0 Å². The Bertz CT molecular complexity index is 365. The quantitative estimate of drug-likeness (QED) is 0.859. The number of aryl methyl sites for hydroxylation is 1. The molecule has 4 heteroatoms. The van der Waals surface area contributed by atoms with Crippen molar-refractivity contribution in [2.75, 3.05) is 11.1 Å². The Labute approximate surface area is 109 Å². The lowest BCUT2D eigenvalue weighted by molar-refractivity contribution is 0.312. The summed E-state index contributed by atoms with van der Waals surface area (Å²) < 4.78 is 0. The summed E-state index contributed by atoms with van der Waals surface area (Å²) in [6, 6.07) is 2.49. The van der Waals surface area contributed by atoms with Gasteiger partial charge in [0, 0.05) is 17.8 Å². The van der Waals surface area contributed by atoms with E-state index >= 15 is 0 Å². The van der Waals surface area contributed by atoms with Crippen molar-refractivity contribution >= 4 is 11.8 Å². The van der Waals surface area contributed by atoms with Crippen LogP contribution in [-0.4, -0.2) is 16.0 Å². The summed E-state index contributed by atoms with van der Waals surface area (Å²) in [7, 11) is 0. The second-order valence-corrected chi connectivity index (χ2v) is 5.31. The average molecular weight is 248 g/mol. The van der Waals surface area contributed by atoms with Crippen LogP contribution in [0.4, 0.5) is 11.8 Å². The first-order valence-electron chi connectivity index (χ1n) is 7.06. The predicted molar refractivity (Wildman–Crippen MR) is 75.5 cm³/mol. The van der Waals surface area contributed by atoms with Crippen LogP contribution >= 0.6 is 0 Å². The molecular formula is C14H24N4. The van der Waals surface area contributed by atoms with Gasteiger partial charge in [-0.2, -0.15) is 4.98 Å². The van der Waals surface area contributed by atoms with E-state index in [0.29, 0.717) is 12.0 Å². The van der Waals surface area contributed by atoms with Crippen LogP contribution in [0, 0.1) is 12.8 Å². The van der Waals surface area contributed by atoms with E-state index in [2.05, 4.69) is 22.2 Å². The zero-order valence-electron chi connectivity index (χ0n) is 11.4. The van der Waals surface area contributed by atoms with E-state index in [1.807, 2.05) is 13.0 Å². The summed E-state index contributed by atoms with van der Waals surface area (Å²) >= 11 is 0. The number of aromatic nitrogens is 2. The van der Waals surface area contributed by atoms with E-state index in [0.717, 1.165) is 23.9 Å². The third-order valence-electron chi connectivity index (χ3n) is 3.86. The first-order valence-corrected chi connectivity index (χ1v) is 7.06. The molecule has 1 aliphatic carbocycles. The van der Waals surface area contributed by atoms with Gasteiger partial charge >= 0.3 is 0 Å². The highest BCUT2D eigenvalue weighted by molar-refractivity contribution is 5.41. The van der Waals surface area contributed by atoms with Crippen LogP contribution in [0.25, 0.3) is 0 Å². The molecule has 0 bridgehead atoms. The van der Waals surface area contributed by atoms with Crippen LogP contribution in [0.15, 0.2) is 6.07 Å². The molecule has 1 fully saturated rings. The lowest BCUT2D eigenvalue weighted by Crippen LogP contribution is -2.30. The first-order chi connectivity index (χ1) is 8.69. The second-order valence-electron chi connectivity index (χ2n) is 5.31. The van der Waals surface area contributed by atoms with Crippen molar-refractivity contribution < 1.29 is 0 Å². The zero-order chi connectivity index (χ0) is 13.0. The minimum Gasteiger partial charge on any atom is -0.368 e. The van der Waals surface area contributed by atoms with Crippen LogP contribution in [0.1, 0.15) is 51.1 Å². The van der Waals surface area contributed by atoms with Crippen molar-refractivity contribution in [3.05, 3.63) is 11.8 Å². The molecule has 4 nitrogen and oxygen atoms in total. The normalized spacial score (nSPS) is 18.6. The monoisotopic (exact) mass is 248 g/mol. The van der Waals surface area contributed by atoms with Gasteiger partial charge in [-0.25, -0.2) is 4.98 Å². The van der Waals surface area contributed by atoms with E-state index in [1.165, 1.54) is 32.1 Å². The zero-order valence-corrected chi connectivity index (χ0v) is 11.4. The summed E-state index contributed by atoms with van der Waals surface area (Å²) in [6.07, 6.45) is 7.94. The fraction of sp³-hybridized carbons (Fsp3) is 0.714. The molecule has 0 saturated heterocycles. The topological polar surface area (TPSA) is 63.8 Å². The van der Waals surface area contributed by atoms with Gasteiger partial charge in [0.05, 0.1) is 0 Å². The van der Waals surface area contributed by atoms with E-state index < -0.39 is 0 Å². The van der Waals surface area contributed by atoms with Crippen LogP contribution < -0.4 is 11.1 Å². The highest BCUT2D eigenvalue weighted by atomic mass is 15.1.